The third-order valence-corrected chi connectivity index (χ3v) is 4.70. The van der Waals surface area contributed by atoms with Crippen LogP contribution in [-0.2, 0) is 16.9 Å². The van der Waals surface area contributed by atoms with E-state index < -0.39 is 11.6 Å². The number of nitrogens with one attached hydrogen (secondary N) is 1. The van der Waals surface area contributed by atoms with E-state index >= 15 is 0 Å². The van der Waals surface area contributed by atoms with Crippen molar-refractivity contribution in [2.45, 2.75) is 32.9 Å². The maximum atomic E-state index is 13.0. The molecule has 0 aliphatic carbocycles. The van der Waals surface area contributed by atoms with Gasteiger partial charge >= 0.3 is 6.03 Å². The molecule has 1 heterocycles. The van der Waals surface area contributed by atoms with E-state index in [1.54, 1.807) is 31.2 Å². The maximum absolute atomic E-state index is 13.0. The Bertz CT molecular complexity index is 896. The second-order valence-corrected chi connectivity index (χ2v) is 6.57. The fraction of sp³-hybridized carbons (Fsp3) is 0.250. The number of amides is 3. The number of rotatable bonds is 3. The van der Waals surface area contributed by atoms with Crippen molar-refractivity contribution in [2.75, 3.05) is 0 Å². The zero-order valence-corrected chi connectivity index (χ0v) is 14.5. The molecule has 0 radical (unpaired) electrons. The van der Waals surface area contributed by atoms with Crippen molar-refractivity contribution in [1.29, 1.82) is 5.26 Å². The lowest BCUT2D eigenvalue weighted by atomic mass is 9.91. The van der Waals surface area contributed by atoms with Crippen molar-refractivity contribution >= 4 is 11.9 Å². The Morgan fingerprint density at radius 3 is 2.44 bits per heavy atom. The first-order chi connectivity index (χ1) is 11.8. The van der Waals surface area contributed by atoms with Gasteiger partial charge in [-0.3, -0.25) is 9.69 Å². The molecule has 1 saturated heterocycles. The number of nitriles is 1. The van der Waals surface area contributed by atoms with Crippen LogP contribution in [0.15, 0.2) is 42.5 Å². The molecule has 25 heavy (non-hydrogen) atoms. The molecule has 5 nitrogen and oxygen atoms in total. The largest absolute Gasteiger partial charge is 0.325 e. The van der Waals surface area contributed by atoms with Gasteiger partial charge in [-0.25, -0.2) is 4.79 Å². The Balaban J connectivity index is 1.91. The SMILES string of the molecule is Cc1ccc(C)c(CN2C(=O)NC(C)(c3ccc(C#N)cc3)C2=O)c1. The van der Waals surface area contributed by atoms with Crippen LogP contribution in [0.25, 0.3) is 0 Å². The number of carbonyl (C=O) groups is 2. The second-order valence-electron chi connectivity index (χ2n) is 6.57. The third kappa shape index (κ3) is 2.87. The number of benzene rings is 2. The highest BCUT2D eigenvalue weighted by Gasteiger charge is 2.48. The molecule has 3 amide bonds. The molecule has 1 aliphatic heterocycles. The average Bonchev–Trinajstić information content (AvgIpc) is 2.82. The highest BCUT2D eigenvalue weighted by Crippen LogP contribution is 2.30. The number of imide groups is 1. The molecule has 2 aromatic rings. The summed E-state index contributed by atoms with van der Waals surface area (Å²) in [6.45, 7) is 5.88. The van der Waals surface area contributed by atoms with Gasteiger partial charge in [0.15, 0.2) is 0 Å². The summed E-state index contributed by atoms with van der Waals surface area (Å²) >= 11 is 0. The predicted molar refractivity (Wildman–Crippen MR) is 93.5 cm³/mol. The molecule has 0 spiro atoms. The molecule has 0 saturated carbocycles. The molecule has 2 aromatic carbocycles. The lowest BCUT2D eigenvalue weighted by Crippen LogP contribution is -2.40. The minimum absolute atomic E-state index is 0.240. The molecule has 0 bridgehead atoms. The topological polar surface area (TPSA) is 73.2 Å². The second kappa shape index (κ2) is 6.06. The van der Waals surface area contributed by atoms with E-state index in [1.165, 1.54) is 4.90 Å². The lowest BCUT2D eigenvalue weighted by molar-refractivity contribution is -0.131. The monoisotopic (exact) mass is 333 g/mol. The number of carbonyl (C=O) groups excluding carboxylic acids is 2. The van der Waals surface area contributed by atoms with Gasteiger partial charge in [-0.2, -0.15) is 5.26 Å². The van der Waals surface area contributed by atoms with Crippen LogP contribution in [0.3, 0.4) is 0 Å². The van der Waals surface area contributed by atoms with E-state index in [0.29, 0.717) is 11.1 Å². The highest BCUT2D eigenvalue weighted by molar-refractivity contribution is 6.07. The number of aryl methyl sites for hydroxylation is 2. The summed E-state index contributed by atoms with van der Waals surface area (Å²) in [4.78, 5) is 26.7. The van der Waals surface area contributed by atoms with Crippen molar-refractivity contribution in [3.8, 4) is 6.07 Å². The van der Waals surface area contributed by atoms with Gasteiger partial charge in [-0.05, 0) is 49.6 Å². The number of hydrogen-bond acceptors (Lipinski definition) is 3. The molecule has 3 rings (SSSR count). The van der Waals surface area contributed by atoms with Crippen LogP contribution in [0, 0.1) is 25.2 Å². The molecule has 1 N–H and O–H groups in total. The van der Waals surface area contributed by atoms with E-state index in [-0.39, 0.29) is 12.5 Å². The Kier molecular flexibility index (Phi) is 4.05. The van der Waals surface area contributed by atoms with Crippen LogP contribution in [0.1, 0.15) is 34.7 Å². The van der Waals surface area contributed by atoms with E-state index in [2.05, 4.69) is 5.32 Å². The summed E-state index contributed by atoms with van der Waals surface area (Å²) in [5.41, 5.74) is 3.13. The quantitative estimate of drug-likeness (QED) is 0.877. The molecule has 1 fully saturated rings. The van der Waals surface area contributed by atoms with Crippen LogP contribution in [-0.4, -0.2) is 16.8 Å². The molecular formula is C20H19N3O2. The van der Waals surface area contributed by atoms with Crippen molar-refractivity contribution < 1.29 is 9.59 Å². The van der Waals surface area contributed by atoms with Crippen molar-refractivity contribution in [3.63, 3.8) is 0 Å². The first-order valence-corrected chi connectivity index (χ1v) is 8.06. The van der Waals surface area contributed by atoms with Crippen LogP contribution in [0.5, 0.6) is 0 Å². The van der Waals surface area contributed by atoms with Crippen molar-refractivity contribution in [1.82, 2.24) is 10.2 Å². The van der Waals surface area contributed by atoms with Crippen LogP contribution < -0.4 is 5.32 Å². The predicted octanol–water partition coefficient (Wildman–Crippen LogP) is 3.14. The normalized spacial score (nSPS) is 19.7. The van der Waals surface area contributed by atoms with Gasteiger partial charge in [-0.15, -0.1) is 0 Å². The molecule has 5 heteroatoms. The Morgan fingerprint density at radius 2 is 1.80 bits per heavy atom. The number of hydrogen-bond donors (Lipinski definition) is 1. The van der Waals surface area contributed by atoms with Gasteiger partial charge < -0.3 is 5.32 Å². The zero-order valence-electron chi connectivity index (χ0n) is 14.5. The highest BCUT2D eigenvalue weighted by atomic mass is 16.2. The molecule has 1 aliphatic rings. The molecule has 1 unspecified atom stereocenters. The Labute approximate surface area is 146 Å². The Hall–Kier alpha value is -3.13. The maximum Gasteiger partial charge on any atom is 0.325 e. The van der Waals surface area contributed by atoms with Crippen molar-refractivity contribution in [3.05, 3.63) is 70.3 Å². The molecular weight excluding hydrogens is 314 g/mol. The van der Waals surface area contributed by atoms with E-state index in [0.717, 1.165) is 16.7 Å². The van der Waals surface area contributed by atoms with Crippen molar-refractivity contribution in [2.24, 2.45) is 0 Å². The fourth-order valence-corrected chi connectivity index (χ4v) is 3.06. The minimum atomic E-state index is -1.12. The zero-order chi connectivity index (χ0) is 18.2. The van der Waals surface area contributed by atoms with E-state index in [4.69, 9.17) is 5.26 Å². The fourth-order valence-electron chi connectivity index (χ4n) is 3.06. The molecule has 0 aromatic heterocycles. The summed E-state index contributed by atoms with van der Waals surface area (Å²) in [7, 11) is 0. The summed E-state index contributed by atoms with van der Waals surface area (Å²) < 4.78 is 0. The van der Waals surface area contributed by atoms with Crippen LogP contribution in [0.4, 0.5) is 4.79 Å². The molecule has 1 atom stereocenters. The lowest BCUT2D eigenvalue weighted by Gasteiger charge is -2.22. The molecule has 126 valence electrons. The van der Waals surface area contributed by atoms with E-state index in [9.17, 15) is 9.59 Å². The number of urea groups is 1. The average molecular weight is 333 g/mol. The van der Waals surface area contributed by atoms with Gasteiger partial charge in [0.1, 0.15) is 5.54 Å². The third-order valence-electron chi connectivity index (χ3n) is 4.70. The smallest absolute Gasteiger partial charge is 0.319 e. The summed E-state index contributed by atoms with van der Waals surface area (Å²) in [5, 5.41) is 11.7. The summed E-state index contributed by atoms with van der Waals surface area (Å²) in [5.74, 6) is -0.289. The minimum Gasteiger partial charge on any atom is -0.319 e. The van der Waals surface area contributed by atoms with Gasteiger partial charge in [0.2, 0.25) is 0 Å². The summed E-state index contributed by atoms with van der Waals surface area (Å²) in [6.07, 6.45) is 0. The van der Waals surface area contributed by atoms with Crippen LogP contribution in [0.2, 0.25) is 0 Å². The van der Waals surface area contributed by atoms with Gasteiger partial charge in [0.25, 0.3) is 5.91 Å². The first kappa shape index (κ1) is 16.7. The van der Waals surface area contributed by atoms with Gasteiger partial charge in [-0.1, -0.05) is 35.9 Å². The first-order valence-electron chi connectivity index (χ1n) is 8.06. The summed E-state index contributed by atoms with van der Waals surface area (Å²) in [6, 6.07) is 14.3. The van der Waals surface area contributed by atoms with Gasteiger partial charge in [0, 0.05) is 0 Å². The standard InChI is InChI=1S/C20H19N3O2/c1-13-4-5-14(2)16(10-13)12-23-18(24)20(3,22-19(23)25)17-8-6-15(11-21)7-9-17/h4-10H,12H2,1-3H3,(H,22,25). The van der Waals surface area contributed by atoms with Crippen LogP contribution >= 0.6 is 0 Å². The number of nitrogens with zero attached hydrogens (tertiary/aromatic N) is 2. The van der Waals surface area contributed by atoms with Gasteiger partial charge in [0.05, 0.1) is 18.2 Å². The van der Waals surface area contributed by atoms with E-state index in [1.807, 2.05) is 38.1 Å². The Morgan fingerprint density at radius 1 is 1.12 bits per heavy atom.